The van der Waals surface area contributed by atoms with Crippen molar-refractivity contribution in [1.29, 1.82) is 0 Å². The summed E-state index contributed by atoms with van der Waals surface area (Å²) in [5, 5.41) is 26.9. The van der Waals surface area contributed by atoms with Crippen LogP contribution in [0.2, 0.25) is 0 Å². The third kappa shape index (κ3) is 4.23. The molecule has 0 atom stereocenters. The Morgan fingerprint density at radius 1 is 0.444 bits per heavy atom. The maximum absolute atomic E-state index is 11.5. The van der Waals surface area contributed by atoms with Crippen LogP contribution < -0.4 is 0 Å². The predicted octanol–water partition coefficient (Wildman–Crippen LogP) is 8.15. The molecule has 174 valence electrons. The van der Waals surface area contributed by atoms with Gasteiger partial charge in [0, 0.05) is 12.1 Å². The summed E-state index contributed by atoms with van der Waals surface area (Å²) < 4.78 is 0. The van der Waals surface area contributed by atoms with Crippen molar-refractivity contribution in [3.05, 3.63) is 140 Å². The Hall–Kier alpha value is -5.10. The van der Waals surface area contributed by atoms with Gasteiger partial charge in [0.1, 0.15) is 0 Å². The van der Waals surface area contributed by atoms with E-state index in [1.807, 2.05) is 60.7 Å². The van der Waals surface area contributed by atoms with Gasteiger partial charge >= 0.3 is 0 Å². The van der Waals surface area contributed by atoms with E-state index in [9.17, 15) is 20.2 Å². The zero-order valence-electron chi connectivity index (χ0n) is 19.1. The number of para-hydroxylation sites is 2. The van der Waals surface area contributed by atoms with Crippen LogP contribution in [0.4, 0.5) is 11.4 Å². The van der Waals surface area contributed by atoms with E-state index in [-0.39, 0.29) is 21.2 Å². The molecule has 0 fully saturated rings. The molecule has 0 aromatic heterocycles. The highest BCUT2D eigenvalue weighted by molar-refractivity contribution is 6.14. The molecule has 5 rings (SSSR count). The monoisotopic (exact) mass is 472 g/mol. The zero-order chi connectivity index (χ0) is 25.1. The quantitative estimate of drug-likeness (QED) is 0.108. The minimum Gasteiger partial charge on any atom is -0.258 e. The van der Waals surface area contributed by atoms with Crippen LogP contribution in [0, 0.1) is 20.2 Å². The van der Waals surface area contributed by atoms with Crippen molar-refractivity contribution in [1.82, 2.24) is 0 Å². The number of fused-ring (bicyclic) bond motifs is 2. The Labute approximate surface area is 206 Å². The Morgan fingerprint density at radius 3 is 1.08 bits per heavy atom. The van der Waals surface area contributed by atoms with Crippen LogP contribution in [0.5, 0.6) is 0 Å². The Bertz CT molecular complexity index is 1520. The molecule has 0 aliphatic rings. The third-order valence-corrected chi connectivity index (χ3v) is 6.14. The Morgan fingerprint density at radius 2 is 0.750 bits per heavy atom. The van der Waals surface area contributed by atoms with Crippen LogP contribution in [0.25, 0.3) is 45.8 Å². The molecular weight excluding hydrogens is 452 g/mol. The van der Waals surface area contributed by atoms with Gasteiger partial charge in [0.05, 0.1) is 21.0 Å². The van der Waals surface area contributed by atoms with Crippen molar-refractivity contribution in [3.8, 4) is 0 Å². The second-order valence-corrected chi connectivity index (χ2v) is 8.22. The highest BCUT2D eigenvalue weighted by Crippen LogP contribution is 2.36. The van der Waals surface area contributed by atoms with Gasteiger partial charge in [0.25, 0.3) is 11.4 Å². The molecular formula is C30H20N2O4. The molecule has 0 saturated carbocycles. The standard InChI is InChI=1S/C30H20N2O4/c33-31(34)29-15-7-1-9-21(29)17-19-27-23-11-3-5-13-25(23)28(26-14-6-4-12-24(26)27)20-18-22-10-2-8-16-30(22)32(35)36/h1-20H/b19-17+,20-18+. The Balaban J connectivity index is 1.72. The number of rotatable bonds is 6. The maximum atomic E-state index is 11.5. The van der Waals surface area contributed by atoms with Crippen molar-refractivity contribution < 1.29 is 9.85 Å². The average Bonchev–Trinajstić information content (AvgIpc) is 2.90. The second-order valence-electron chi connectivity index (χ2n) is 8.22. The molecule has 0 aliphatic heterocycles. The lowest BCUT2D eigenvalue weighted by atomic mass is 9.90. The fourth-order valence-electron chi connectivity index (χ4n) is 4.49. The summed E-state index contributed by atoms with van der Waals surface area (Å²) in [6, 6.07) is 29.2. The second kappa shape index (κ2) is 9.64. The molecule has 6 heteroatoms. The van der Waals surface area contributed by atoms with Crippen molar-refractivity contribution in [2.45, 2.75) is 0 Å². The van der Waals surface area contributed by atoms with Crippen LogP contribution in [-0.4, -0.2) is 9.85 Å². The highest BCUT2D eigenvalue weighted by atomic mass is 16.6. The molecule has 0 unspecified atom stereocenters. The Kier molecular flexibility index (Phi) is 6.07. The van der Waals surface area contributed by atoms with Gasteiger partial charge in [-0.3, -0.25) is 20.2 Å². The molecule has 0 heterocycles. The van der Waals surface area contributed by atoms with Gasteiger partial charge in [0.15, 0.2) is 0 Å². The molecule has 0 bridgehead atoms. The van der Waals surface area contributed by atoms with Gasteiger partial charge in [0.2, 0.25) is 0 Å². The van der Waals surface area contributed by atoms with Gasteiger partial charge in [-0.25, -0.2) is 0 Å². The van der Waals surface area contributed by atoms with E-state index >= 15 is 0 Å². The highest BCUT2D eigenvalue weighted by Gasteiger charge is 2.14. The number of nitro benzene ring substituents is 2. The minimum absolute atomic E-state index is 0.0476. The van der Waals surface area contributed by atoms with Crippen molar-refractivity contribution >= 4 is 57.2 Å². The van der Waals surface area contributed by atoms with E-state index in [2.05, 4.69) is 0 Å². The topological polar surface area (TPSA) is 86.3 Å². The number of hydrogen-bond acceptors (Lipinski definition) is 4. The van der Waals surface area contributed by atoms with E-state index in [0.29, 0.717) is 11.1 Å². The lowest BCUT2D eigenvalue weighted by Gasteiger charge is -2.13. The summed E-state index contributed by atoms with van der Waals surface area (Å²) in [6.45, 7) is 0. The van der Waals surface area contributed by atoms with E-state index in [1.54, 1.807) is 48.6 Å². The molecule has 36 heavy (non-hydrogen) atoms. The van der Waals surface area contributed by atoms with Gasteiger partial charge < -0.3 is 0 Å². The van der Waals surface area contributed by atoms with Gasteiger partial charge in [-0.1, -0.05) is 84.9 Å². The largest absolute Gasteiger partial charge is 0.276 e. The van der Waals surface area contributed by atoms with Crippen LogP contribution in [-0.2, 0) is 0 Å². The predicted molar refractivity (Wildman–Crippen MR) is 146 cm³/mol. The molecule has 0 spiro atoms. The van der Waals surface area contributed by atoms with Crippen molar-refractivity contribution in [2.75, 3.05) is 0 Å². The number of nitro groups is 2. The normalized spacial score (nSPS) is 11.6. The minimum atomic E-state index is -0.382. The molecule has 5 aromatic carbocycles. The molecule has 0 N–H and O–H groups in total. The zero-order valence-corrected chi connectivity index (χ0v) is 19.1. The molecule has 6 nitrogen and oxygen atoms in total. The molecule has 0 saturated heterocycles. The van der Waals surface area contributed by atoms with E-state index in [0.717, 1.165) is 32.7 Å². The van der Waals surface area contributed by atoms with E-state index in [4.69, 9.17) is 0 Å². The first-order valence-corrected chi connectivity index (χ1v) is 11.3. The van der Waals surface area contributed by atoms with Gasteiger partial charge in [-0.2, -0.15) is 0 Å². The van der Waals surface area contributed by atoms with Crippen LogP contribution in [0.15, 0.2) is 97.1 Å². The summed E-state index contributed by atoms with van der Waals surface area (Å²) in [5.74, 6) is 0. The molecule has 0 amide bonds. The summed E-state index contributed by atoms with van der Waals surface area (Å²) in [4.78, 5) is 22.2. The summed E-state index contributed by atoms with van der Waals surface area (Å²) in [5.41, 5.74) is 3.04. The smallest absolute Gasteiger partial charge is 0.258 e. The maximum Gasteiger partial charge on any atom is 0.276 e. The number of benzene rings is 5. The lowest BCUT2D eigenvalue weighted by Crippen LogP contribution is -1.92. The van der Waals surface area contributed by atoms with Gasteiger partial charge in [-0.05, 0) is 57.0 Å². The number of hydrogen-bond donors (Lipinski definition) is 0. The first-order valence-electron chi connectivity index (χ1n) is 11.3. The summed E-state index contributed by atoms with van der Waals surface area (Å²) >= 11 is 0. The summed E-state index contributed by atoms with van der Waals surface area (Å²) in [7, 11) is 0. The SMILES string of the molecule is O=[N+]([O-])c1ccccc1/C=C/c1c2ccccc2c(/C=C/c2ccccc2[N+](=O)[O-])c2ccccc12. The molecule has 0 radical (unpaired) electrons. The van der Waals surface area contributed by atoms with Crippen molar-refractivity contribution in [2.24, 2.45) is 0 Å². The van der Waals surface area contributed by atoms with Gasteiger partial charge in [-0.15, -0.1) is 0 Å². The lowest BCUT2D eigenvalue weighted by molar-refractivity contribution is -0.385. The molecule has 5 aromatic rings. The van der Waals surface area contributed by atoms with Crippen LogP contribution in [0.1, 0.15) is 22.3 Å². The first-order chi connectivity index (χ1) is 17.5. The average molecular weight is 473 g/mol. The fourth-order valence-corrected chi connectivity index (χ4v) is 4.49. The van der Waals surface area contributed by atoms with E-state index < -0.39 is 0 Å². The fraction of sp³-hybridized carbons (Fsp3) is 0. The summed E-state index contributed by atoms with van der Waals surface area (Å²) in [6.07, 6.45) is 7.38. The van der Waals surface area contributed by atoms with Crippen molar-refractivity contribution in [3.63, 3.8) is 0 Å². The molecule has 0 aliphatic carbocycles. The third-order valence-electron chi connectivity index (χ3n) is 6.14. The number of nitrogens with zero attached hydrogens (tertiary/aromatic N) is 2. The first kappa shape index (κ1) is 22.7. The van der Waals surface area contributed by atoms with Crippen LogP contribution in [0.3, 0.4) is 0 Å². The van der Waals surface area contributed by atoms with Crippen LogP contribution >= 0.6 is 0 Å². The van der Waals surface area contributed by atoms with E-state index in [1.165, 1.54) is 12.1 Å².